The van der Waals surface area contributed by atoms with Crippen LogP contribution in [0.15, 0.2) is 24.3 Å². The van der Waals surface area contributed by atoms with Crippen molar-refractivity contribution in [2.24, 2.45) is 11.3 Å². The summed E-state index contributed by atoms with van der Waals surface area (Å²) in [6.07, 6.45) is 7.21. The van der Waals surface area contributed by atoms with Gasteiger partial charge in [-0.1, -0.05) is 39.8 Å². The van der Waals surface area contributed by atoms with Gasteiger partial charge in [0.05, 0.1) is 6.10 Å². The van der Waals surface area contributed by atoms with E-state index in [0.29, 0.717) is 18.6 Å². The highest BCUT2D eigenvalue weighted by atomic mass is 28.4. The summed E-state index contributed by atoms with van der Waals surface area (Å²) >= 11 is 0. The van der Waals surface area contributed by atoms with Crippen molar-refractivity contribution in [1.82, 2.24) is 0 Å². The Kier molecular flexibility index (Phi) is 5.80. The molecule has 182 valence electrons. The molecule has 3 aliphatic rings. The number of hydrogen-bond acceptors (Lipinski definition) is 5. The summed E-state index contributed by atoms with van der Waals surface area (Å²) < 4.78 is 12.2. The van der Waals surface area contributed by atoms with Gasteiger partial charge in [-0.3, -0.25) is 4.79 Å². The molecule has 3 aliphatic carbocycles. The SMILES string of the molecule is CC(=O)Oc1ccc2c(c1)C[C@@]1(O)CC[C@]3(C)[C@@H](O[Si](C)(C)C(C)(C)C)CC[C@H]3[C@@]1(O)C=C2. The van der Waals surface area contributed by atoms with Crippen LogP contribution in [0, 0.1) is 11.3 Å². The molecule has 0 bridgehead atoms. The van der Waals surface area contributed by atoms with Gasteiger partial charge in [0.2, 0.25) is 0 Å². The predicted molar refractivity (Wildman–Crippen MR) is 133 cm³/mol. The zero-order valence-corrected chi connectivity index (χ0v) is 22.2. The van der Waals surface area contributed by atoms with Crippen LogP contribution in [0.3, 0.4) is 0 Å². The van der Waals surface area contributed by atoms with Crippen LogP contribution in [0.25, 0.3) is 6.08 Å². The molecule has 0 radical (unpaired) electrons. The van der Waals surface area contributed by atoms with Gasteiger partial charge in [-0.2, -0.15) is 0 Å². The highest BCUT2D eigenvalue weighted by Crippen LogP contribution is 2.62. The van der Waals surface area contributed by atoms with Crippen LogP contribution in [0.2, 0.25) is 18.1 Å². The third kappa shape index (κ3) is 3.93. The standard InChI is InChI=1S/C27H40O5Si/c1-18(28)31-21-9-8-19-12-13-27(30)22-10-11-23(32-33(6,7)24(2,3)4)25(22,5)14-15-26(27,29)17-20(19)16-21/h8-9,12-13,16,22-23,29-30H,10-11,14-15,17H2,1-7H3/t22-,23+,25+,26+,27+/m1/s1. The van der Waals surface area contributed by atoms with Gasteiger partial charge < -0.3 is 19.4 Å². The number of rotatable bonds is 3. The fraction of sp³-hybridized carbons (Fsp3) is 0.667. The monoisotopic (exact) mass is 472 g/mol. The maximum atomic E-state index is 12.2. The minimum absolute atomic E-state index is 0.0861. The maximum Gasteiger partial charge on any atom is 0.308 e. The summed E-state index contributed by atoms with van der Waals surface area (Å²) in [5, 5.41) is 24.2. The second-order valence-electron chi connectivity index (χ2n) is 12.3. The topological polar surface area (TPSA) is 76.0 Å². The highest BCUT2D eigenvalue weighted by molar-refractivity contribution is 6.74. The van der Waals surface area contributed by atoms with Crippen LogP contribution in [0.1, 0.15) is 71.4 Å². The number of hydrogen-bond donors (Lipinski definition) is 2. The molecule has 2 fully saturated rings. The van der Waals surface area contributed by atoms with E-state index < -0.39 is 19.5 Å². The van der Waals surface area contributed by atoms with Gasteiger partial charge in [0.1, 0.15) is 17.0 Å². The normalized spacial score (nSPS) is 35.9. The van der Waals surface area contributed by atoms with Crippen LogP contribution >= 0.6 is 0 Å². The van der Waals surface area contributed by atoms with E-state index in [-0.39, 0.29) is 28.4 Å². The van der Waals surface area contributed by atoms with Crippen LogP contribution in [0.4, 0.5) is 0 Å². The van der Waals surface area contributed by atoms with Gasteiger partial charge in [0, 0.05) is 19.3 Å². The quantitative estimate of drug-likeness (QED) is 0.357. The Morgan fingerprint density at radius 3 is 2.48 bits per heavy atom. The molecule has 0 heterocycles. The first-order valence-electron chi connectivity index (χ1n) is 12.2. The summed E-state index contributed by atoms with van der Waals surface area (Å²) in [5.74, 6) is 0.00607. The van der Waals surface area contributed by atoms with Gasteiger partial charge in [-0.25, -0.2) is 0 Å². The maximum absolute atomic E-state index is 12.2. The van der Waals surface area contributed by atoms with Crippen molar-refractivity contribution < 1.29 is 24.2 Å². The first-order valence-corrected chi connectivity index (χ1v) is 15.2. The van der Waals surface area contributed by atoms with E-state index in [1.807, 2.05) is 24.3 Å². The third-order valence-corrected chi connectivity index (χ3v) is 13.7. The molecule has 4 rings (SSSR count). The number of aliphatic hydroxyl groups is 2. The summed E-state index contributed by atoms with van der Waals surface area (Å²) in [4.78, 5) is 11.4. The van der Waals surface area contributed by atoms with E-state index in [9.17, 15) is 15.0 Å². The summed E-state index contributed by atoms with van der Waals surface area (Å²) in [6.45, 7) is 15.0. The molecule has 2 N–H and O–H groups in total. The fourth-order valence-electron chi connectivity index (χ4n) is 6.15. The molecule has 0 amide bonds. The minimum atomic E-state index is -1.97. The van der Waals surface area contributed by atoms with E-state index in [4.69, 9.17) is 9.16 Å². The number of benzene rings is 1. The van der Waals surface area contributed by atoms with Crippen molar-refractivity contribution in [2.75, 3.05) is 0 Å². The molecular formula is C27H40O5Si. The molecule has 0 spiro atoms. The van der Waals surface area contributed by atoms with Gasteiger partial charge in [0.15, 0.2) is 8.32 Å². The molecule has 5 nitrogen and oxygen atoms in total. The van der Waals surface area contributed by atoms with Gasteiger partial charge in [0.25, 0.3) is 0 Å². The van der Waals surface area contributed by atoms with Crippen molar-refractivity contribution in [3.63, 3.8) is 0 Å². The van der Waals surface area contributed by atoms with E-state index >= 15 is 0 Å². The molecular weight excluding hydrogens is 432 g/mol. The molecule has 33 heavy (non-hydrogen) atoms. The molecule has 0 aliphatic heterocycles. The van der Waals surface area contributed by atoms with Crippen molar-refractivity contribution in [2.45, 2.75) is 102 Å². The van der Waals surface area contributed by atoms with Gasteiger partial charge in [-0.05, 0) is 78.6 Å². The van der Waals surface area contributed by atoms with Gasteiger partial charge >= 0.3 is 5.97 Å². The summed E-state index contributed by atoms with van der Waals surface area (Å²) in [6, 6.07) is 5.47. The fourth-order valence-corrected chi connectivity index (χ4v) is 7.60. The summed E-state index contributed by atoms with van der Waals surface area (Å²) in [5.41, 5.74) is -0.985. The molecule has 2 saturated carbocycles. The number of esters is 1. The van der Waals surface area contributed by atoms with E-state index in [1.165, 1.54) is 6.92 Å². The van der Waals surface area contributed by atoms with Crippen molar-refractivity contribution in [1.29, 1.82) is 0 Å². The first kappa shape index (κ1) is 24.6. The molecule has 6 heteroatoms. The highest BCUT2D eigenvalue weighted by Gasteiger charge is 2.66. The Balaban J connectivity index is 1.66. The van der Waals surface area contributed by atoms with E-state index in [0.717, 1.165) is 30.4 Å². The Bertz CT molecular complexity index is 979. The smallest absolute Gasteiger partial charge is 0.308 e. The largest absolute Gasteiger partial charge is 0.427 e. The van der Waals surface area contributed by atoms with E-state index in [2.05, 4.69) is 40.8 Å². The second kappa shape index (κ2) is 7.77. The average molecular weight is 473 g/mol. The van der Waals surface area contributed by atoms with Crippen molar-refractivity contribution >= 4 is 20.4 Å². The minimum Gasteiger partial charge on any atom is -0.427 e. The Hall–Kier alpha value is -1.47. The Morgan fingerprint density at radius 2 is 1.85 bits per heavy atom. The second-order valence-corrected chi connectivity index (χ2v) is 17.1. The summed E-state index contributed by atoms with van der Waals surface area (Å²) in [7, 11) is -1.97. The third-order valence-electron chi connectivity index (χ3n) is 9.22. The Labute approximate surface area is 199 Å². The molecule has 5 atom stereocenters. The van der Waals surface area contributed by atoms with Crippen LogP contribution < -0.4 is 4.74 Å². The van der Waals surface area contributed by atoms with Gasteiger partial charge in [-0.15, -0.1) is 0 Å². The lowest BCUT2D eigenvalue weighted by Gasteiger charge is -2.57. The zero-order valence-electron chi connectivity index (χ0n) is 21.2. The van der Waals surface area contributed by atoms with Crippen molar-refractivity contribution in [3.05, 3.63) is 35.4 Å². The number of carbonyl (C=O) groups is 1. The molecule has 1 aromatic carbocycles. The molecule has 0 unspecified atom stereocenters. The van der Waals surface area contributed by atoms with Crippen molar-refractivity contribution in [3.8, 4) is 5.75 Å². The lowest BCUT2D eigenvalue weighted by atomic mass is 9.54. The average Bonchev–Trinajstić information content (AvgIpc) is 2.94. The zero-order chi connectivity index (χ0) is 24.4. The van der Waals surface area contributed by atoms with Crippen LogP contribution in [0.5, 0.6) is 5.75 Å². The number of ether oxygens (including phenoxy) is 1. The lowest BCUT2D eigenvalue weighted by Crippen LogP contribution is -2.65. The number of fused-ring (bicyclic) bond motifs is 4. The van der Waals surface area contributed by atoms with Crippen LogP contribution in [-0.2, 0) is 15.6 Å². The molecule has 1 aromatic rings. The first-order chi connectivity index (χ1) is 15.1. The Morgan fingerprint density at radius 1 is 1.15 bits per heavy atom. The molecule has 0 aromatic heterocycles. The van der Waals surface area contributed by atoms with E-state index in [1.54, 1.807) is 6.07 Å². The lowest BCUT2D eigenvalue weighted by molar-refractivity contribution is -0.209. The predicted octanol–water partition coefficient (Wildman–Crippen LogP) is 5.24. The molecule has 0 saturated heterocycles. The van der Waals surface area contributed by atoms with Crippen LogP contribution in [-0.4, -0.2) is 41.8 Å². The number of carbonyl (C=O) groups excluding carboxylic acids is 1.